The largest absolute Gasteiger partial charge is 0.359 e. The molecule has 2 aromatic carbocycles. The lowest BCUT2D eigenvalue weighted by molar-refractivity contribution is -0.120. The number of amides is 2. The zero-order valence-corrected chi connectivity index (χ0v) is 15.3. The average Bonchev–Trinajstić information content (AvgIpc) is 2.57. The number of piperazine rings is 1. The topological polar surface area (TPSA) is 61.4 Å². The van der Waals surface area contributed by atoms with Crippen molar-refractivity contribution in [2.24, 2.45) is 0 Å². The van der Waals surface area contributed by atoms with E-state index in [4.69, 9.17) is 34.8 Å². The highest BCUT2D eigenvalue weighted by atomic mass is 35.5. The van der Waals surface area contributed by atoms with Gasteiger partial charge in [-0.2, -0.15) is 0 Å². The van der Waals surface area contributed by atoms with Crippen LogP contribution in [0, 0.1) is 0 Å². The summed E-state index contributed by atoms with van der Waals surface area (Å²) in [4.78, 5) is 25.8. The Morgan fingerprint density at radius 2 is 1.88 bits per heavy atom. The minimum Gasteiger partial charge on any atom is -0.359 e. The molecule has 2 aromatic rings. The quantitative estimate of drug-likeness (QED) is 0.826. The highest BCUT2D eigenvalue weighted by Gasteiger charge is 2.19. The van der Waals surface area contributed by atoms with Gasteiger partial charge in [0.15, 0.2) is 0 Å². The lowest BCUT2D eigenvalue weighted by atomic mass is 10.2. The van der Waals surface area contributed by atoms with Gasteiger partial charge >= 0.3 is 0 Å². The summed E-state index contributed by atoms with van der Waals surface area (Å²) in [5.41, 5.74) is 1.55. The maximum Gasteiger partial charge on any atom is 0.257 e. The molecule has 5 nitrogen and oxygen atoms in total. The SMILES string of the molecule is O=C1CN(c2ccc(NC(=O)c3cc(Cl)ccc3Cl)cc2Cl)CCN1. The van der Waals surface area contributed by atoms with Crippen molar-refractivity contribution >= 4 is 58.0 Å². The second-order valence-electron chi connectivity index (χ2n) is 5.52. The number of carbonyl (C=O) groups is 2. The first-order valence-electron chi connectivity index (χ1n) is 7.51. The van der Waals surface area contributed by atoms with Crippen LogP contribution >= 0.6 is 34.8 Å². The molecule has 1 aliphatic heterocycles. The molecule has 3 rings (SSSR count). The first-order valence-corrected chi connectivity index (χ1v) is 8.65. The third kappa shape index (κ3) is 4.18. The molecule has 130 valence electrons. The van der Waals surface area contributed by atoms with Crippen molar-refractivity contribution in [2.75, 3.05) is 29.9 Å². The fourth-order valence-electron chi connectivity index (χ4n) is 2.56. The maximum absolute atomic E-state index is 12.4. The first-order chi connectivity index (χ1) is 11.9. The van der Waals surface area contributed by atoms with Gasteiger partial charge in [-0.3, -0.25) is 9.59 Å². The number of carbonyl (C=O) groups excluding carboxylic acids is 2. The van der Waals surface area contributed by atoms with Crippen LogP contribution in [-0.2, 0) is 4.79 Å². The van der Waals surface area contributed by atoms with Crippen molar-refractivity contribution in [1.29, 1.82) is 0 Å². The van der Waals surface area contributed by atoms with E-state index in [0.29, 0.717) is 33.8 Å². The summed E-state index contributed by atoms with van der Waals surface area (Å²) in [5, 5.41) is 6.68. The number of nitrogens with zero attached hydrogens (tertiary/aromatic N) is 1. The molecule has 0 bridgehead atoms. The Morgan fingerprint density at radius 1 is 1.08 bits per heavy atom. The summed E-state index contributed by atoms with van der Waals surface area (Å²) in [6.45, 7) is 1.50. The van der Waals surface area contributed by atoms with Gasteiger partial charge in [-0.1, -0.05) is 34.8 Å². The number of nitrogens with one attached hydrogen (secondary N) is 2. The van der Waals surface area contributed by atoms with Crippen LogP contribution in [0.4, 0.5) is 11.4 Å². The lowest BCUT2D eigenvalue weighted by Crippen LogP contribution is -2.47. The predicted molar refractivity (Wildman–Crippen MR) is 101 cm³/mol. The summed E-state index contributed by atoms with van der Waals surface area (Å²) in [5.74, 6) is -0.427. The van der Waals surface area contributed by atoms with Crippen molar-refractivity contribution in [1.82, 2.24) is 5.32 Å². The summed E-state index contributed by atoms with van der Waals surface area (Å²) in [7, 11) is 0. The van der Waals surface area contributed by atoms with Gasteiger partial charge in [0.05, 0.1) is 27.8 Å². The molecule has 0 radical (unpaired) electrons. The predicted octanol–water partition coefficient (Wildman–Crippen LogP) is 3.84. The van der Waals surface area contributed by atoms with Crippen molar-refractivity contribution in [3.05, 3.63) is 57.0 Å². The van der Waals surface area contributed by atoms with E-state index in [9.17, 15) is 9.59 Å². The van der Waals surface area contributed by atoms with Crippen LogP contribution in [0.25, 0.3) is 0 Å². The molecule has 0 saturated carbocycles. The van der Waals surface area contributed by atoms with E-state index in [1.54, 1.807) is 30.3 Å². The van der Waals surface area contributed by atoms with Gasteiger partial charge in [-0.05, 0) is 36.4 Å². The third-order valence-corrected chi connectivity index (χ3v) is 4.63. The number of benzene rings is 2. The molecule has 2 N–H and O–H groups in total. The van der Waals surface area contributed by atoms with Crippen LogP contribution in [0.15, 0.2) is 36.4 Å². The molecule has 8 heteroatoms. The van der Waals surface area contributed by atoms with Crippen LogP contribution < -0.4 is 15.5 Å². The Kier molecular flexibility index (Phi) is 5.37. The molecular formula is C17H14Cl3N3O2. The van der Waals surface area contributed by atoms with Crippen LogP contribution in [-0.4, -0.2) is 31.4 Å². The van der Waals surface area contributed by atoms with Gasteiger partial charge in [-0.15, -0.1) is 0 Å². The molecule has 0 aromatic heterocycles. The third-order valence-electron chi connectivity index (χ3n) is 3.76. The summed E-state index contributed by atoms with van der Waals surface area (Å²) >= 11 is 18.3. The van der Waals surface area contributed by atoms with Gasteiger partial charge in [0.2, 0.25) is 5.91 Å². The van der Waals surface area contributed by atoms with E-state index < -0.39 is 0 Å². The zero-order valence-electron chi connectivity index (χ0n) is 13.0. The van der Waals surface area contributed by atoms with E-state index >= 15 is 0 Å². The number of halogens is 3. The minimum absolute atomic E-state index is 0.0460. The van der Waals surface area contributed by atoms with Crippen LogP contribution in [0.1, 0.15) is 10.4 Å². The van der Waals surface area contributed by atoms with E-state index in [1.807, 2.05) is 4.90 Å². The van der Waals surface area contributed by atoms with Crippen molar-refractivity contribution in [2.45, 2.75) is 0 Å². The zero-order chi connectivity index (χ0) is 18.0. The number of hydrogen-bond acceptors (Lipinski definition) is 3. The Balaban J connectivity index is 1.77. The molecule has 1 fully saturated rings. The molecule has 1 heterocycles. The van der Waals surface area contributed by atoms with Crippen LogP contribution in [0.2, 0.25) is 15.1 Å². The van der Waals surface area contributed by atoms with E-state index in [1.165, 1.54) is 6.07 Å². The second-order valence-corrected chi connectivity index (χ2v) is 6.77. The standard InChI is InChI=1S/C17H14Cl3N3O2/c18-10-1-3-13(19)12(7-10)17(25)22-11-2-4-15(14(20)8-11)23-6-5-21-16(24)9-23/h1-4,7-8H,5-6,9H2,(H,21,24)(H,22,25). The molecular weight excluding hydrogens is 385 g/mol. The molecule has 0 atom stereocenters. The molecule has 0 spiro atoms. The highest BCUT2D eigenvalue weighted by Crippen LogP contribution is 2.30. The molecule has 1 aliphatic rings. The van der Waals surface area contributed by atoms with Gasteiger partial charge < -0.3 is 15.5 Å². The maximum atomic E-state index is 12.4. The van der Waals surface area contributed by atoms with Gasteiger partial charge in [0, 0.05) is 23.8 Å². The Morgan fingerprint density at radius 3 is 2.60 bits per heavy atom. The molecule has 1 saturated heterocycles. The summed E-state index contributed by atoms with van der Waals surface area (Å²) in [6.07, 6.45) is 0. The van der Waals surface area contributed by atoms with Crippen molar-refractivity contribution in [3.63, 3.8) is 0 Å². The number of anilines is 2. The van der Waals surface area contributed by atoms with E-state index in [0.717, 1.165) is 5.69 Å². The lowest BCUT2D eigenvalue weighted by Gasteiger charge is -2.29. The van der Waals surface area contributed by atoms with Gasteiger partial charge in [0.1, 0.15) is 0 Å². The summed E-state index contributed by atoms with van der Waals surface area (Å²) < 4.78 is 0. The van der Waals surface area contributed by atoms with Crippen LogP contribution in [0.3, 0.4) is 0 Å². The van der Waals surface area contributed by atoms with Crippen LogP contribution in [0.5, 0.6) is 0 Å². The monoisotopic (exact) mass is 397 g/mol. The Hall–Kier alpha value is -1.95. The normalized spacial score (nSPS) is 14.2. The van der Waals surface area contributed by atoms with Crippen molar-refractivity contribution < 1.29 is 9.59 Å². The Labute approximate surface area is 159 Å². The average molecular weight is 399 g/mol. The highest BCUT2D eigenvalue weighted by molar-refractivity contribution is 6.36. The number of hydrogen-bond donors (Lipinski definition) is 2. The number of rotatable bonds is 3. The molecule has 2 amide bonds. The van der Waals surface area contributed by atoms with E-state index in [-0.39, 0.29) is 23.9 Å². The second kappa shape index (κ2) is 7.52. The molecule has 0 aliphatic carbocycles. The molecule has 0 unspecified atom stereocenters. The van der Waals surface area contributed by atoms with Crippen molar-refractivity contribution in [3.8, 4) is 0 Å². The van der Waals surface area contributed by atoms with Gasteiger partial charge in [-0.25, -0.2) is 0 Å². The van der Waals surface area contributed by atoms with E-state index in [2.05, 4.69) is 10.6 Å². The first kappa shape index (κ1) is 17.9. The fourth-order valence-corrected chi connectivity index (χ4v) is 3.23. The minimum atomic E-state index is -0.381. The summed E-state index contributed by atoms with van der Waals surface area (Å²) in [6, 6.07) is 9.82. The molecule has 25 heavy (non-hydrogen) atoms. The van der Waals surface area contributed by atoms with Gasteiger partial charge in [0.25, 0.3) is 5.91 Å². The Bertz CT molecular complexity index is 842. The fraction of sp³-hybridized carbons (Fsp3) is 0.176. The smallest absolute Gasteiger partial charge is 0.257 e.